The van der Waals surface area contributed by atoms with Crippen LogP contribution in [0.15, 0.2) is 115 Å². The van der Waals surface area contributed by atoms with Crippen molar-refractivity contribution in [1.29, 1.82) is 0 Å². The van der Waals surface area contributed by atoms with Gasteiger partial charge in [0.05, 0.1) is 24.9 Å². The molecule has 0 aliphatic carbocycles. The molecule has 28 heavy (non-hydrogen) atoms. The summed E-state index contributed by atoms with van der Waals surface area (Å²) in [5.74, 6) is 0. The molecule has 0 aliphatic rings. The third-order valence-electron chi connectivity index (χ3n) is 5.34. The van der Waals surface area contributed by atoms with Gasteiger partial charge in [0.1, 0.15) is 5.30 Å². The molecule has 0 saturated heterocycles. The highest BCUT2D eigenvalue weighted by Gasteiger charge is 2.43. The summed E-state index contributed by atoms with van der Waals surface area (Å²) >= 11 is 0. The van der Waals surface area contributed by atoms with Gasteiger partial charge < -0.3 is 0 Å². The van der Waals surface area contributed by atoms with E-state index in [1.54, 1.807) is 0 Å². The second-order valence-corrected chi connectivity index (χ2v) is 11.0. The number of hydrogen-bond donors (Lipinski definition) is 0. The summed E-state index contributed by atoms with van der Waals surface area (Å²) in [6.45, 7) is 2.20. The molecule has 0 spiro atoms. The Balaban J connectivity index is 1.92. The first-order valence-corrected chi connectivity index (χ1v) is 12.0. The lowest BCUT2D eigenvalue weighted by Crippen LogP contribution is -2.26. The highest BCUT2D eigenvalue weighted by atomic mass is 31.2. The van der Waals surface area contributed by atoms with E-state index in [2.05, 4.69) is 122 Å². The van der Waals surface area contributed by atoms with E-state index in [0.717, 1.165) is 12.3 Å². The van der Waals surface area contributed by atoms with Gasteiger partial charge in [0, 0.05) is 0 Å². The van der Waals surface area contributed by atoms with E-state index >= 15 is 0 Å². The fraction of sp³-hybridized carbons (Fsp3) is 0.111. The van der Waals surface area contributed by atoms with Gasteiger partial charge in [-0.15, -0.1) is 0 Å². The molecule has 0 aromatic heterocycles. The summed E-state index contributed by atoms with van der Waals surface area (Å²) in [6.07, 6.45) is 2.16. The summed E-state index contributed by atoms with van der Waals surface area (Å²) < 4.78 is 0. The van der Waals surface area contributed by atoms with Gasteiger partial charge >= 0.3 is 0 Å². The molecule has 1 heteroatoms. The molecule has 0 amide bonds. The van der Waals surface area contributed by atoms with Crippen LogP contribution in [0.1, 0.15) is 16.7 Å². The predicted molar refractivity (Wildman–Crippen MR) is 124 cm³/mol. The molecule has 0 unspecified atom stereocenters. The van der Waals surface area contributed by atoms with Gasteiger partial charge in [-0.25, -0.2) is 0 Å². The van der Waals surface area contributed by atoms with Crippen LogP contribution in [-0.4, -0.2) is 0 Å². The van der Waals surface area contributed by atoms with Gasteiger partial charge in [-0.3, -0.25) is 0 Å². The van der Waals surface area contributed by atoms with Gasteiger partial charge in [-0.1, -0.05) is 91.0 Å². The monoisotopic (exact) mass is 381 g/mol. The van der Waals surface area contributed by atoms with E-state index in [1.165, 1.54) is 27.3 Å². The number of rotatable bonds is 6. The first kappa shape index (κ1) is 18.7. The summed E-state index contributed by atoms with van der Waals surface area (Å²) in [4.78, 5) is 0. The highest BCUT2D eigenvalue weighted by molar-refractivity contribution is 7.88. The quantitative estimate of drug-likeness (QED) is 0.341. The SMILES string of the molecule is Cc1cccc([P+](Cc2ccccc2)(Cc2ccccc2)c2ccccc2)c1. The number of aryl methyl sites for hydroxylation is 1. The Kier molecular flexibility index (Phi) is 5.70. The first-order valence-electron chi connectivity index (χ1n) is 9.84. The molecular weight excluding hydrogens is 355 g/mol. The van der Waals surface area contributed by atoms with E-state index in [0.29, 0.717) is 0 Å². The molecule has 4 aromatic rings. The average molecular weight is 381 g/mol. The number of benzene rings is 4. The van der Waals surface area contributed by atoms with Crippen LogP contribution in [-0.2, 0) is 12.3 Å². The third-order valence-corrected chi connectivity index (χ3v) is 9.70. The van der Waals surface area contributed by atoms with Crippen LogP contribution in [0.2, 0.25) is 0 Å². The summed E-state index contributed by atoms with van der Waals surface area (Å²) in [6, 6.07) is 42.3. The molecular formula is C27H26P+. The summed E-state index contributed by atoms with van der Waals surface area (Å²) in [5, 5.41) is 2.97. The molecule has 0 radical (unpaired) electrons. The second kappa shape index (κ2) is 8.55. The van der Waals surface area contributed by atoms with Crippen molar-refractivity contribution >= 4 is 17.9 Å². The maximum atomic E-state index is 2.41. The Bertz CT molecular complexity index is 966. The standard InChI is InChI=1S/C27H26P/c1-23-12-11-19-27(20-23)28(26-17-9-4-10-18-26,21-24-13-5-2-6-14-24)22-25-15-7-3-8-16-25/h2-20H,21-22H2,1H3/q+1. The van der Waals surface area contributed by atoms with Crippen LogP contribution in [0.5, 0.6) is 0 Å². The fourth-order valence-corrected chi connectivity index (χ4v) is 8.34. The lowest BCUT2D eigenvalue weighted by atomic mass is 10.2. The minimum atomic E-state index is -1.67. The zero-order valence-electron chi connectivity index (χ0n) is 16.3. The Hall–Kier alpha value is -2.69. The van der Waals surface area contributed by atoms with Gasteiger partial charge in [0.25, 0.3) is 0 Å². The molecule has 0 fully saturated rings. The first-order chi connectivity index (χ1) is 13.8. The van der Waals surface area contributed by atoms with Crippen LogP contribution >= 0.6 is 7.26 Å². The normalized spacial score (nSPS) is 11.3. The van der Waals surface area contributed by atoms with Crippen LogP contribution in [0.4, 0.5) is 0 Å². The summed E-state index contributed by atoms with van der Waals surface area (Å²) in [7, 11) is -1.67. The van der Waals surface area contributed by atoms with E-state index in [4.69, 9.17) is 0 Å². The van der Waals surface area contributed by atoms with Crippen LogP contribution in [0.25, 0.3) is 0 Å². The van der Waals surface area contributed by atoms with E-state index in [9.17, 15) is 0 Å². The molecule has 0 aliphatic heterocycles. The molecule has 0 bridgehead atoms. The van der Waals surface area contributed by atoms with E-state index < -0.39 is 7.26 Å². The Labute approximate surface area is 169 Å². The summed E-state index contributed by atoms with van der Waals surface area (Å²) in [5.41, 5.74) is 4.16. The van der Waals surface area contributed by atoms with Crippen molar-refractivity contribution in [2.75, 3.05) is 0 Å². The Morgan fingerprint density at radius 2 is 0.964 bits per heavy atom. The maximum Gasteiger partial charge on any atom is 0.100 e. The van der Waals surface area contributed by atoms with Gasteiger partial charge in [-0.05, 0) is 47.9 Å². The maximum absolute atomic E-state index is 2.41. The molecule has 4 rings (SSSR count). The van der Waals surface area contributed by atoms with Crippen LogP contribution in [0, 0.1) is 6.92 Å². The predicted octanol–water partition coefficient (Wildman–Crippen LogP) is 6.36. The van der Waals surface area contributed by atoms with Crippen molar-refractivity contribution in [3.8, 4) is 0 Å². The van der Waals surface area contributed by atoms with Crippen molar-refractivity contribution < 1.29 is 0 Å². The van der Waals surface area contributed by atoms with E-state index in [1.807, 2.05) is 0 Å². The zero-order chi connectivity index (χ0) is 19.2. The third kappa shape index (κ3) is 4.08. The number of hydrogen-bond acceptors (Lipinski definition) is 0. The van der Waals surface area contributed by atoms with Crippen molar-refractivity contribution in [1.82, 2.24) is 0 Å². The van der Waals surface area contributed by atoms with Crippen molar-refractivity contribution in [2.45, 2.75) is 19.2 Å². The lowest BCUT2D eigenvalue weighted by molar-refractivity contribution is 1.31. The van der Waals surface area contributed by atoms with Gasteiger partial charge in [-0.2, -0.15) is 0 Å². The van der Waals surface area contributed by atoms with Crippen molar-refractivity contribution in [3.63, 3.8) is 0 Å². The van der Waals surface area contributed by atoms with Crippen LogP contribution < -0.4 is 10.6 Å². The molecule has 0 heterocycles. The van der Waals surface area contributed by atoms with E-state index in [-0.39, 0.29) is 0 Å². The largest absolute Gasteiger partial charge is 0.100 e. The molecule has 0 nitrogen and oxygen atoms in total. The molecule has 0 saturated carbocycles. The minimum absolute atomic E-state index is 1.08. The Morgan fingerprint density at radius 1 is 0.500 bits per heavy atom. The van der Waals surface area contributed by atoms with Gasteiger partial charge in [0.15, 0.2) is 0 Å². The molecule has 4 aromatic carbocycles. The fourth-order valence-electron chi connectivity index (χ4n) is 3.97. The molecule has 138 valence electrons. The van der Waals surface area contributed by atoms with Crippen molar-refractivity contribution in [3.05, 3.63) is 132 Å². The topological polar surface area (TPSA) is 0 Å². The lowest BCUT2D eigenvalue weighted by Gasteiger charge is -2.28. The Morgan fingerprint density at radius 3 is 1.46 bits per heavy atom. The van der Waals surface area contributed by atoms with Crippen molar-refractivity contribution in [2.24, 2.45) is 0 Å². The zero-order valence-corrected chi connectivity index (χ0v) is 17.2. The average Bonchev–Trinajstić information content (AvgIpc) is 2.75. The molecule has 0 N–H and O–H groups in total. The van der Waals surface area contributed by atoms with Gasteiger partial charge in [0.2, 0.25) is 0 Å². The highest BCUT2D eigenvalue weighted by Crippen LogP contribution is 2.61. The second-order valence-electron chi connectivity index (χ2n) is 7.43. The molecule has 0 atom stereocenters. The smallest absolute Gasteiger partial charge is 0.0622 e. The van der Waals surface area contributed by atoms with Crippen LogP contribution in [0.3, 0.4) is 0 Å². The minimum Gasteiger partial charge on any atom is -0.0622 e.